The number of rotatable bonds is 5. The number of hydrogen-bond donors (Lipinski definition) is 1. The van der Waals surface area contributed by atoms with Crippen molar-refractivity contribution >= 4 is 28.5 Å². The van der Waals surface area contributed by atoms with Gasteiger partial charge < -0.3 is 24.1 Å². The van der Waals surface area contributed by atoms with Crippen LogP contribution in [0.1, 0.15) is 46.3 Å². The van der Waals surface area contributed by atoms with Gasteiger partial charge in [-0.2, -0.15) is 0 Å². The normalized spacial score (nSPS) is 19.0. The third kappa shape index (κ3) is 3.50. The molecule has 7 heteroatoms. The molecule has 156 valence electrons. The van der Waals surface area contributed by atoms with Crippen LogP contribution in [0.4, 0.5) is 5.69 Å². The van der Waals surface area contributed by atoms with Gasteiger partial charge in [0.1, 0.15) is 11.3 Å². The van der Waals surface area contributed by atoms with Crippen LogP contribution < -0.4 is 5.32 Å². The summed E-state index contributed by atoms with van der Waals surface area (Å²) in [4.78, 5) is 29.6. The van der Waals surface area contributed by atoms with Gasteiger partial charge in [0, 0.05) is 42.4 Å². The highest BCUT2D eigenvalue weighted by atomic mass is 16.3. The molecule has 7 nitrogen and oxygen atoms in total. The fraction of sp³-hybridized carbons (Fsp3) is 0.391. The fourth-order valence-corrected chi connectivity index (χ4v) is 4.18. The molecule has 1 N–H and O–H groups in total. The molecule has 2 amide bonds. The van der Waals surface area contributed by atoms with E-state index >= 15 is 0 Å². The van der Waals surface area contributed by atoms with Crippen LogP contribution in [0.25, 0.3) is 11.0 Å². The predicted octanol–water partition coefficient (Wildman–Crippen LogP) is 3.60. The molecule has 1 aromatic carbocycles. The number of anilines is 1. The summed E-state index contributed by atoms with van der Waals surface area (Å²) in [5.74, 6) is 0.136. The van der Waals surface area contributed by atoms with Crippen LogP contribution in [0, 0.1) is 0 Å². The van der Waals surface area contributed by atoms with E-state index in [-0.39, 0.29) is 11.8 Å². The molecule has 1 aliphatic heterocycles. The van der Waals surface area contributed by atoms with Crippen LogP contribution in [0.15, 0.2) is 47.0 Å². The van der Waals surface area contributed by atoms with Crippen LogP contribution in [0.3, 0.4) is 0 Å². The Morgan fingerprint density at radius 3 is 2.70 bits per heavy atom. The smallest absolute Gasteiger partial charge is 0.289 e. The number of fused-ring (bicyclic) bond motifs is 1. The number of nitrogens with zero attached hydrogens (tertiary/aromatic N) is 3. The van der Waals surface area contributed by atoms with E-state index < -0.39 is 0 Å². The van der Waals surface area contributed by atoms with Crippen molar-refractivity contribution in [2.75, 3.05) is 32.5 Å². The first-order valence-electron chi connectivity index (χ1n) is 10.5. The second kappa shape index (κ2) is 7.32. The van der Waals surface area contributed by atoms with E-state index in [9.17, 15) is 9.59 Å². The number of benzene rings is 1. The Kier molecular flexibility index (Phi) is 4.62. The second-order valence-corrected chi connectivity index (χ2v) is 8.51. The summed E-state index contributed by atoms with van der Waals surface area (Å²) in [6.45, 7) is 1.45. The Hall–Kier alpha value is -3.06. The van der Waals surface area contributed by atoms with Gasteiger partial charge in [0.05, 0.1) is 0 Å². The molecular formula is C23H26N4O3. The highest BCUT2D eigenvalue weighted by Gasteiger charge is 2.30. The Balaban J connectivity index is 1.32. The van der Waals surface area contributed by atoms with Crippen molar-refractivity contribution in [1.82, 2.24) is 14.4 Å². The summed E-state index contributed by atoms with van der Waals surface area (Å²) in [5, 5.41) is 3.77. The minimum Gasteiger partial charge on any atom is -0.451 e. The summed E-state index contributed by atoms with van der Waals surface area (Å²) in [6.07, 6.45) is 5.18. The van der Waals surface area contributed by atoms with E-state index in [1.165, 1.54) is 0 Å². The van der Waals surface area contributed by atoms with Crippen LogP contribution in [0.2, 0.25) is 0 Å². The van der Waals surface area contributed by atoms with Crippen molar-refractivity contribution < 1.29 is 14.0 Å². The van der Waals surface area contributed by atoms with Gasteiger partial charge in [0.2, 0.25) is 0 Å². The third-order valence-electron chi connectivity index (χ3n) is 6.12. The molecule has 3 aromatic rings. The van der Waals surface area contributed by atoms with Crippen molar-refractivity contribution in [3.05, 3.63) is 54.0 Å². The molecule has 1 atom stereocenters. The Morgan fingerprint density at radius 2 is 1.97 bits per heavy atom. The molecule has 2 aromatic heterocycles. The fourth-order valence-electron chi connectivity index (χ4n) is 4.18. The van der Waals surface area contributed by atoms with Crippen molar-refractivity contribution in [1.29, 1.82) is 0 Å². The first kappa shape index (κ1) is 18.9. The molecule has 2 aliphatic rings. The average molecular weight is 406 g/mol. The van der Waals surface area contributed by atoms with Crippen molar-refractivity contribution in [3.63, 3.8) is 0 Å². The second-order valence-electron chi connectivity index (χ2n) is 8.51. The van der Waals surface area contributed by atoms with Crippen molar-refractivity contribution in [2.24, 2.45) is 0 Å². The largest absolute Gasteiger partial charge is 0.451 e. The van der Waals surface area contributed by atoms with Crippen molar-refractivity contribution in [3.8, 4) is 0 Å². The van der Waals surface area contributed by atoms with Gasteiger partial charge in [-0.25, -0.2) is 0 Å². The molecule has 1 saturated carbocycles. The molecule has 0 radical (unpaired) electrons. The average Bonchev–Trinajstić information content (AvgIpc) is 3.15. The van der Waals surface area contributed by atoms with Crippen LogP contribution >= 0.6 is 0 Å². The van der Waals surface area contributed by atoms with Crippen molar-refractivity contribution in [2.45, 2.75) is 31.3 Å². The quantitative estimate of drug-likeness (QED) is 0.703. The summed E-state index contributed by atoms with van der Waals surface area (Å²) in [7, 11) is 4.08. The maximum atomic E-state index is 12.9. The van der Waals surface area contributed by atoms with E-state index in [1.54, 1.807) is 18.2 Å². The van der Waals surface area contributed by atoms with Gasteiger partial charge in [-0.05, 0) is 69.8 Å². The zero-order valence-corrected chi connectivity index (χ0v) is 17.3. The highest BCUT2D eigenvalue weighted by Crippen LogP contribution is 2.36. The number of nitrogens with one attached hydrogen (secondary N) is 1. The molecule has 0 bridgehead atoms. The van der Waals surface area contributed by atoms with Gasteiger partial charge in [-0.3, -0.25) is 9.59 Å². The maximum Gasteiger partial charge on any atom is 0.289 e. The van der Waals surface area contributed by atoms with Crippen LogP contribution in [0.5, 0.6) is 0 Å². The minimum absolute atomic E-state index is 0.0802. The molecule has 5 rings (SSSR count). The van der Waals surface area contributed by atoms with Crippen LogP contribution in [-0.4, -0.2) is 59.4 Å². The van der Waals surface area contributed by atoms with Gasteiger partial charge in [0.25, 0.3) is 11.8 Å². The SMILES string of the molecule is CN(C)C1CCN(C(=O)c2cc3cc(NC(=O)c4cccn4C4CC4)ccc3o2)C1. The van der Waals surface area contributed by atoms with E-state index in [4.69, 9.17) is 4.42 Å². The summed E-state index contributed by atoms with van der Waals surface area (Å²) in [6, 6.07) is 11.8. The number of carbonyl (C=O) groups excluding carboxylic acids is 2. The summed E-state index contributed by atoms with van der Waals surface area (Å²) >= 11 is 0. The highest BCUT2D eigenvalue weighted by molar-refractivity contribution is 6.04. The molecular weight excluding hydrogens is 380 g/mol. The van der Waals surface area contributed by atoms with E-state index in [0.29, 0.717) is 41.4 Å². The zero-order valence-electron chi connectivity index (χ0n) is 17.3. The lowest BCUT2D eigenvalue weighted by atomic mass is 10.2. The third-order valence-corrected chi connectivity index (χ3v) is 6.12. The first-order valence-corrected chi connectivity index (χ1v) is 10.5. The number of carbonyl (C=O) groups is 2. The topological polar surface area (TPSA) is 70.7 Å². The van der Waals surface area contributed by atoms with Gasteiger partial charge in [-0.15, -0.1) is 0 Å². The predicted molar refractivity (Wildman–Crippen MR) is 115 cm³/mol. The van der Waals surface area contributed by atoms with Gasteiger partial charge >= 0.3 is 0 Å². The molecule has 0 spiro atoms. The first-order chi connectivity index (χ1) is 14.5. The minimum atomic E-state index is -0.127. The Bertz CT molecular complexity index is 1110. The van der Waals surface area contributed by atoms with E-state index in [2.05, 4.69) is 10.2 Å². The molecule has 3 heterocycles. The Labute approximate surface area is 175 Å². The number of likely N-dealkylation sites (tertiary alicyclic amines) is 1. The number of aromatic nitrogens is 1. The van der Waals surface area contributed by atoms with Crippen LogP contribution in [-0.2, 0) is 0 Å². The maximum absolute atomic E-state index is 12.9. The molecule has 1 aliphatic carbocycles. The monoisotopic (exact) mass is 406 g/mol. The van der Waals surface area contributed by atoms with E-state index in [0.717, 1.165) is 31.2 Å². The summed E-state index contributed by atoms with van der Waals surface area (Å²) in [5.41, 5.74) is 2.00. The van der Waals surface area contributed by atoms with Gasteiger partial charge in [0.15, 0.2) is 5.76 Å². The Morgan fingerprint density at radius 1 is 1.13 bits per heavy atom. The number of amides is 2. The zero-order chi connectivity index (χ0) is 20.8. The molecule has 1 saturated heterocycles. The standard InChI is InChI=1S/C23H26N4O3/c1-25(2)18-9-11-26(14-18)23(29)21-13-15-12-16(5-8-20(15)30-21)24-22(28)19-4-3-10-27(19)17-6-7-17/h3-5,8,10,12-13,17-18H,6-7,9,11,14H2,1-2H3,(H,24,28). The molecule has 1 unspecified atom stereocenters. The number of likely N-dealkylation sites (N-methyl/N-ethyl adjacent to an activating group) is 1. The number of hydrogen-bond acceptors (Lipinski definition) is 4. The molecule has 2 fully saturated rings. The van der Waals surface area contributed by atoms with E-state index in [1.807, 2.05) is 48.0 Å². The lowest BCUT2D eigenvalue weighted by Gasteiger charge is -2.19. The lowest BCUT2D eigenvalue weighted by molar-refractivity contribution is 0.0753. The summed E-state index contributed by atoms with van der Waals surface area (Å²) < 4.78 is 7.85. The number of furan rings is 1. The lowest BCUT2D eigenvalue weighted by Crippen LogP contribution is -2.34. The van der Waals surface area contributed by atoms with Gasteiger partial charge in [-0.1, -0.05) is 0 Å². The molecule has 30 heavy (non-hydrogen) atoms.